The molecule has 0 spiro atoms. The number of aryl methyl sites for hydroxylation is 1. The molecule has 0 saturated carbocycles. The second-order valence-electron chi connectivity index (χ2n) is 5.85. The van der Waals surface area contributed by atoms with Gasteiger partial charge in [-0.15, -0.1) is 0 Å². The smallest absolute Gasteiger partial charge is 0.254 e. The Morgan fingerprint density at radius 2 is 2.19 bits per heavy atom. The van der Waals surface area contributed by atoms with Crippen molar-refractivity contribution < 1.29 is 9.53 Å². The molecule has 0 aliphatic carbocycles. The summed E-state index contributed by atoms with van der Waals surface area (Å²) in [4.78, 5) is 23.4. The van der Waals surface area contributed by atoms with E-state index in [1.807, 2.05) is 24.9 Å². The van der Waals surface area contributed by atoms with Crippen LogP contribution in [0.1, 0.15) is 44.2 Å². The van der Waals surface area contributed by atoms with E-state index in [1.54, 1.807) is 21.0 Å². The molecule has 1 aromatic rings. The van der Waals surface area contributed by atoms with E-state index in [9.17, 15) is 4.79 Å². The average Bonchev–Trinajstić information content (AvgIpc) is 2.94. The Kier molecular flexibility index (Phi) is 4.46. The van der Waals surface area contributed by atoms with Crippen LogP contribution >= 0.6 is 0 Å². The first-order chi connectivity index (χ1) is 9.89. The molecule has 1 unspecified atom stereocenters. The lowest BCUT2D eigenvalue weighted by Gasteiger charge is -2.32. The van der Waals surface area contributed by atoms with Gasteiger partial charge < -0.3 is 15.0 Å². The lowest BCUT2D eigenvalue weighted by Crippen LogP contribution is -2.46. The van der Waals surface area contributed by atoms with Crippen molar-refractivity contribution in [3.05, 3.63) is 17.6 Å². The zero-order chi connectivity index (χ0) is 15.6. The summed E-state index contributed by atoms with van der Waals surface area (Å²) in [6.45, 7) is 6.21. The molecule has 1 N–H and O–H groups in total. The second-order valence-corrected chi connectivity index (χ2v) is 5.85. The lowest BCUT2D eigenvalue weighted by atomic mass is 10.1. The van der Waals surface area contributed by atoms with Gasteiger partial charge in [-0.2, -0.15) is 0 Å². The van der Waals surface area contributed by atoms with Gasteiger partial charge in [-0.3, -0.25) is 4.79 Å². The number of hydrogen-bond donors (Lipinski definition) is 1. The first kappa shape index (κ1) is 15.7. The Morgan fingerprint density at radius 1 is 1.48 bits per heavy atom. The third-order valence-corrected chi connectivity index (χ3v) is 3.99. The molecule has 1 atom stereocenters. The predicted molar refractivity (Wildman–Crippen MR) is 81.1 cm³/mol. The molecule has 0 bridgehead atoms. The Labute approximate surface area is 125 Å². The van der Waals surface area contributed by atoms with Gasteiger partial charge in [0.1, 0.15) is 17.2 Å². The minimum atomic E-state index is -0.809. The summed E-state index contributed by atoms with van der Waals surface area (Å²) in [6, 6.07) is 1.92. The topological polar surface area (TPSA) is 67.4 Å². The average molecular weight is 292 g/mol. The van der Waals surface area contributed by atoms with Gasteiger partial charge in [-0.1, -0.05) is 0 Å². The van der Waals surface area contributed by atoms with Gasteiger partial charge in [-0.05, 0) is 33.6 Å². The Bertz CT molecular complexity index is 530. The molecular weight excluding hydrogens is 268 g/mol. The van der Waals surface area contributed by atoms with Crippen LogP contribution in [0.15, 0.2) is 6.07 Å². The number of carbonyl (C=O) groups excluding carboxylic acids is 1. The number of anilines is 1. The second kappa shape index (κ2) is 5.97. The van der Waals surface area contributed by atoms with Crippen LogP contribution in [-0.4, -0.2) is 47.1 Å². The Morgan fingerprint density at radius 3 is 2.81 bits per heavy atom. The van der Waals surface area contributed by atoms with E-state index in [-0.39, 0.29) is 11.9 Å². The summed E-state index contributed by atoms with van der Waals surface area (Å²) in [5, 5.41) is 3.04. The zero-order valence-corrected chi connectivity index (χ0v) is 13.4. The number of hydrogen-bond acceptors (Lipinski definition) is 5. The highest BCUT2D eigenvalue weighted by molar-refractivity contribution is 5.85. The fourth-order valence-corrected chi connectivity index (χ4v) is 2.64. The van der Waals surface area contributed by atoms with Gasteiger partial charge in [-0.25, -0.2) is 9.97 Å². The maximum atomic E-state index is 12.7. The van der Waals surface area contributed by atoms with E-state index in [0.29, 0.717) is 5.82 Å². The normalized spacial score (nSPS) is 18.9. The highest BCUT2D eigenvalue weighted by Gasteiger charge is 2.39. The third-order valence-electron chi connectivity index (χ3n) is 3.99. The predicted octanol–water partition coefficient (Wildman–Crippen LogP) is 1.92. The van der Waals surface area contributed by atoms with E-state index in [0.717, 1.165) is 30.9 Å². The van der Waals surface area contributed by atoms with Gasteiger partial charge in [0.15, 0.2) is 0 Å². The molecule has 6 heteroatoms. The summed E-state index contributed by atoms with van der Waals surface area (Å²) in [5.41, 5.74) is 0.0841. The van der Waals surface area contributed by atoms with Crippen molar-refractivity contribution in [3.8, 4) is 0 Å². The molecule has 1 saturated heterocycles. The summed E-state index contributed by atoms with van der Waals surface area (Å²) in [5.74, 6) is 1.50. The number of aromatic nitrogens is 2. The summed E-state index contributed by atoms with van der Waals surface area (Å²) in [6.07, 6.45) is 1.90. The van der Waals surface area contributed by atoms with Crippen LogP contribution in [0.5, 0.6) is 0 Å². The van der Waals surface area contributed by atoms with Crippen LogP contribution in [0.4, 0.5) is 5.82 Å². The van der Waals surface area contributed by atoms with E-state index in [1.165, 1.54) is 0 Å². The summed E-state index contributed by atoms with van der Waals surface area (Å²) in [7, 11) is 3.40. The van der Waals surface area contributed by atoms with Crippen molar-refractivity contribution in [2.45, 2.75) is 45.3 Å². The van der Waals surface area contributed by atoms with Crippen LogP contribution in [0.25, 0.3) is 0 Å². The maximum Gasteiger partial charge on any atom is 0.254 e. The molecule has 1 aliphatic rings. The number of amides is 1. The van der Waals surface area contributed by atoms with Crippen molar-refractivity contribution in [1.82, 2.24) is 14.9 Å². The zero-order valence-electron chi connectivity index (χ0n) is 13.4. The summed E-state index contributed by atoms with van der Waals surface area (Å²) >= 11 is 0. The number of ether oxygens (including phenoxy) is 1. The van der Waals surface area contributed by atoms with Crippen molar-refractivity contribution in [2.75, 3.05) is 26.0 Å². The lowest BCUT2D eigenvalue weighted by molar-refractivity contribution is -0.152. The molecule has 1 aliphatic heterocycles. The van der Waals surface area contributed by atoms with Gasteiger partial charge in [0, 0.05) is 26.8 Å². The van der Waals surface area contributed by atoms with E-state index >= 15 is 0 Å². The highest BCUT2D eigenvalue weighted by Crippen LogP contribution is 2.33. The molecular formula is C15H24N4O2. The van der Waals surface area contributed by atoms with Crippen molar-refractivity contribution in [1.29, 1.82) is 0 Å². The molecule has 21 heavy (non-hydrogen) atoms. The molecule has 1 aromatic heterocycles. The van der Waals surface area contributed by atoms with Gasteiger partial charge >= 0.3 is 0 Å². The van der Waals surface area contributed by atoms with Crippen molar-refractivity contribution in [2.24, 2.45) is 0 Å². The number of carbonyl (C=O) groups is 1. The number of nitrogens with one attached hydrogen (secondary N) is 1. The SMILES string of the molecule is CNc1cc(C2CCCN2C(=O)C(C)(C)OC)nc(C)n1. The number of methoxy groups -OCH3 is 1. The van der Waals surface area contributed by atoms with Crippen LogP contribution in [0, 0.1) is 6.92 Å². The molecule has 1 fully saturated rings. The molecule has 0 aromatic carbocycles. The Balaban J connectivity index is 2.31. The number of likely N-dealkylation sites (tertiary alicyclic amines) is 1. The van der Waals surface area contributed by atoms with Gasteiger partial charge in [0.2, 0.25) is 0 Å². The van der Waals surface area contributed by atoms with Crippen LogP contribution in [0.3, 0.4) is 0 Å². The minimum Gasteiger partial charge on any atom is -0.373 e. The standard InChI is InChI=1S/C15H24N4O2/c1-10-17-11(9-13(16-4)18-10)12-7-6-8-19(12)14(20)15(2,3)21-5/h9,12H,6-8H2,1-5H3,(H,16,17,18). The number of nitrogens with zero attached hydrogens (tertiary/aromatic N) is 3. The third kappa shape index (κ3) is 3.15. The Hall–Kier alpha value is -1.69. The highest BCUT2D eigenvalue weighted by atomic mass is 16.5. The fraction of sp³-hybridized carbons (Fsp3) is 0.667. The first-order valence-corrected chi connectivity index (χ1v) is 7.28. The molecule has 0 radical (unpaired) electrons. The largest absolute Gasteiger partial charge is 0.373 e. The molecule has 2 heterocycles. The fourth-order valence-electron chi connectivity index (χ4n) is 2.64. The molecule has 116 valence electrons. The van der Waals surface area contributed by atoms with Crippen LogP contribution < -0.4 is 5.32 Å². The maximum absolute atomic E-state index is 12.7. The minimum absolute atomic E-state index is 0.000671. The van der Waals surface area contributed by atoms with E-state index in [2.05, 4.69) is 15.3 Å². The summed E-state index contributed by atoms with van der Waals surface area (Å²) < 4.78 is 5.33. The first-order valence-electron chi connectivity index (χ1n) is 7.28. The van der Waals surface area contributed by atoms with E-state index in [4.69, 9.17) is 4.74 Å². The van der Waals surface area contributed by atoms with Crippen molar-refractivity contribution >= 4 is 11.7 Å². The van der Waals surface area contributed by atoms with Crippen LogP contribution in [-0.2, 0) is 9.53 Å². The number of rotatable bonds is 4. The molecule has 1 amide bonds. The van der Waals surface area contributed by atoms with Crippen molar-refractivity contribution in [3.63, 3.8) is 0 Å². The molecule has 2 rings (SSSR count). The van der Waals surface area contributed by atoms with Gasteiger partial charge in [0.25, 0.3) is 5.91 Å². The van der Waals surface area contributed by atoms with Gasteiger partial charge in [0.05, 0.1) is 11.7 Å². The van der Waals surface area contributed by atoms with E-state index < -0.39 is 5.60 Å². The quantitative estimate of drug-likeness (QED) is 0.918. The molecule has 6 nitrogen and oxygen atoms in total. The monoisotopic (exact) mass is 292 g/mol. The van der Waals surface area contributed by atoms with Crippen LogP contribution in [0.2, 0.25) is 0 Å².